The highest BCUT2D eigenvalue weighted by Crippen LogP contribution is 2.25. The zero-order chi connectivity index (χ0) is 21.0. The van der Waals surface area contributed by atoms with Crippen LogP contribution in [0.15, 0.2) is 29.4 Å². The van der Waals surface area contributed by atoms with Crippen LogP contribution in [0, 0.1) is 11.8 Å². The minimum Gasteiger partial charge on any atom is -0.353 e. The lowest BCUT2D eigenvalue weighted by molar-refractivity contribution is -0.134. The number of thioether (sulfide) groups is 1. The maximum atomic E-state index is 12.7. The lowest BCUT2D eigenvalue weighted by Gasteiger charge is -2.32. The van der Waals surface area contributed by atoms with Gasteiger partial charge in [0.05, 0.1) is 16.8 Å². The fourth-order valence-electron chi connectivity index (χ4n) is 3.59. The molecule has 29 heavy (non-hydrogen) atoms. The van der Waals surface area contributed by atoms with Crippen molar-refractivity contribution in [2.45, 2.75) is 58.3 Å². The van der Waals surface area contributed by atoms with Gasteiger partial charge in [-0.3, -0.25) is 9.59 Å². The number of para-hydroxylation sites is 2. The number of hydrogen-bond acceptors (Lipinski definition) is 4. The molecule has 1 aliphatic rings. The number of nitrogens with zero attached hydrogens (tertiary/aromatic N) is 3. The van der Waals surface area contributed by atoms with E-state index in [-0.39, 0.29) is 23.8 Å². The molecular weight excluding hydrogens is 384 g/mol. The zero-order valence-corrected chi connectivity index (χ0v) is 18.7. The predicted octanol–water partition coefficient (Wildman–Crippen LogP) is 3.55. The number of aromatic nitrogens is 2. The van der Waals surface area contributed by atoms with Crippen molar-refractivity contribution < 1.29 is 9.59 Å². The largest absolute Gasteiger partial charge is 0.353 e. The molecule has 3 rings (SSSR count). The quantitative estimate of drug-likeness (QED) is 0.701. The highest BCUT2D eigenvalue weighted by Gasteiger charge is 2.28. The molecular formula is C22H32N4O2S. The van der Waals surface area contributed by atoms with Crippen molar-refractivity contribution in [3.63, 3.8) is 0 Å². The number of nitrogens with one attached hydrogen (secondary N) is 1. The van der Waals surface area contributed by atoms with E-state index in [2.05, 4.69) is 41.7 Å². The smallest absolute Gasteiger partial charge is 0.233 e. The van der Waals surface area contributed by atoms with E-state index in [0.29, 0.717) is 24.8 Å². The number of rotatable bonds is 7. The van der Waals surface area contributed by atoms with Gasteiger partial charge < -0.3 is 14.8 Å². The molecule has 1 atom stereocenters. The number of fused-ring (bicyclic) bond motifs is 1. The van der Waals surface area contributed by atoms with Crippen LogP contribution in [0.2, 0.25) is 0 Å². The van der Waals surface area contributed by atoms with E-state index in [1.807, 2.05) is 30.0 Å². The number of benzene rings is 1. The maximum Gasteiger partial charge on any atom is 0.233 e. The molecule has 0 radical (unpaired) electrons. The maximum absolute atomic E-state index is 12.7. The summed E-state index contributed by atoms with van der Waals surface area (Å²) in [5.74, 6) is 1.07. The van der Waals surface area contributed by atoms with Gasteiger partial charge in [-0.2, -0.15) is 0 Å². The van der Waals surface area contributed by atoms with Crippen molar-refractivity contribution in [3.8, 4) is 0 Å². The number of hydrogen-bond donors (Lipinski definition) is 1. The highest BCUT2D eigenvalue weighted by molar-refractivity contribution is 7.99. The second-order valence-electron chi connectivity index (χ2n) is 8.11. The monoisotopic (exact) mass is 416 g/mol. The third-order valence-corrected chi connectivity index (χ3v) is 6.81. The molecule has 1 saturated heterocycles. The van der Waals surface area contributed by atoms with E-state index in [0.717, 1.165) is 35.6 Å². The summed E-state index contributed by atoms with van der Waals surface area (Å²) < 4.78 is 2.15. The molecule has 0 saturated carbocycles. The van der Waals surface area contributed by atoms with Gasteiger partial charge >= 0.3 is 0 Å². The van der Waals surface area contributed by atoms with Gasteiger partial charge in [0.15, 0.2) is 5.16 Å². The highest BCUT2D eigenvalue weighted by atomic mass is 32.2. The van der Waals surface area contributed by atoms with Gasteiger partial charge in [-0.05, 0) is 44.7 Å². The molecule has 1 fully saturated rings. The first kappa shape index (κ1) is 21.7. The average molecular weight is 417 g/mol. The SMILES string of the molecule is CCn1c(SCC(=O)N2CCC(C(=O)NC(C)C(C)C)CC2)nc2ccccc21. The third kappa shape index (κ3) is 5.13. The minimum atomic E-state index is 0.0113. The molecule has 6 nitrogen and oxygen atoms in total. The normalized spacial score (nSPS) is 16.4. The first-order valence-corrected chi connectivity index (χ1v) is 11.6. The fourth-order valence-corrected chi connectivity index (χ4v) is 4.57. The molecule has 1 N–H and O–H groups in total. The zero-order valence-electron chi connectivity index (χ0n) is 17.9. The van der Waals surface area contributed by atoms with Crippen LogP contribution >= 0.6 is 11.8 Å². The molecule has 0 aliphatic carbocycles. The number of likely N-dealkylation sites (tertiary alicyclic amines) is 1. The Bertz CT molecular complexity index is 856. The van der Waals surface area contributed by atoms with Crippen LogP contribution in [0.1, 0.15) is 40.5 Å². The summed E-state index contributed by atoms with van der Waals surface area (Å²) in [4.78, 5) is 31.7. The topological polar surface area (TPSA) is 67.2 Å². The van der Waals surface area contributed by atoms with E-state index in [1.54, 1.807) is 0 Å². The molecule has 1 aromatic heterocycles. The lowest BCUT2D eigenvalue weighted by Crippen LogP contribution is -2.46. The van der Waals surface area contributed by atoms with Crippen LogP contribution in [0.25, 0.3) is 11.0 Å². The Morgan fingerprint density at radius 1 is 1.21 bits per heavy atom. The van der Waals surface area contributed by atoms with Crippen LogP contribution in [0.5, 0.6) is 0 Å². The molecule has 0 bridgehead atoms. The Morgan fingerprint density at radius 3 is 2.55 bits per heavy atom. The Hall–Kier alpha value is -2.02. The van der Waals surface area contributed by atoms with Crippen molar-refractivity contribution in [1.29, 1.82) is 0 Å². The van der Waals surface area contributed by atoms with Gasteiger partial charge in [-0.25, -0.2) is 4.98 Å². The molecule has 158 valence electrons. The van der Waals surface area contributed by atoms with E-state index >= 15 is 0 Å². The standard InChI is InChI=1S/C22H32N4O2S/c1-5-26-19-9-7-6-8-18(19)24-22(26)29-14-20(27)25-12-10-17(11-13-25)21(28)23-16(4)15(2)3/h6-9,15-17H,5,10-14H2,1-4H3,(H,23,28). The van der Waals surface area contributed by atoms with Crippen LogP contribution in [-0.2, 0) is 16.1 Å². The van der Waals surface area contributed by atoms with Gasteiger partial charge in [0, 0.05) is 31.6 Å². The van der Waals surface area contributed by atoms with E-state index in [1.165, 1.54) is 11.8 Å². The number of aryl methyl sites for hydroxylation is 1. The Balaban J connectivity index is 1.51. The van der Waals surface area contributed by atoms with Gasteiger partial charge in [0.25, 0.3) is 0 Å². The summed E-state index contributed by atoms with van der Waals surface area (Å²) in [7, 11) is 0. The minimum absolute atomic E-state index is 0.0113. The molecule has 7 heteroatoms. The molecule has 1 aromatic carbocycles. The van der Waals surface area contributed by atoms with E-state index < -0.39 is 0 Å². The van der Waals surface area contributed by atoms with Gasteiger partial charge in [0.1, 0.15) is 0 Å². The summed E-state index contributed by atoms with van der Waals surface area (Å²) in [5.41, 5.74) is 2.07. The van der Waals surface area contributed by atoms with Crippen LogP contribution in [0.4, 0.5) is 0 Å². The third-order valence-electron chi connectivity index (χ3n) is 5.85. The molecule has 0 spiro atoms. The second kappa shape index (κ2) is 9.65. The summed E-state index contributed by atoms with van der Waals surface area (Å²) >= 11 is 1.50. The number of carbonyl (C=O) groups excluding carboxylic acids is 2. The first-order valence-electron chi connectivity index (χ1n) is 10.6. The lowest BCUT2D eigenvalue weighted by atomic mass is 9.95. The summed E-state index contributed by atoms with van der Waals surface area (Å²) in [5, 5.41) is 4.00. The van der Waals surface area contributed by atoms with Crippen LogP contribution in [0.3, 0.4) is 0 Å². The van der Waals surface area contributed by atoms with Gasteiger partial charge in [-0.15, -0.1) is 0 Å². The molecule has 2 heterocycles. The molecule has 2 aromatic rings. The van der Waals surface area contributed by atoms with Crippen molar-refractivity contribution >= 4 is 34.6 Å². The van der Waals surface area contributed by atoms with Crippen molar-refractivity contribution in [1.82, 2.24) is 19.8 Å². The summed E-state index contributed by atoms with van der Waals surface area (Å²) in [6.45, 7) is 10.5. The Kier molecular flexibility index (Phi) is 7.22. The van der Waals surface area contributed by atoms with Crippen LogP contribution < -0.4 is 5.32 Å². The van der Waals surface area contributed by atoms with Crippen LogP contribution in [-0.4, -0.2) is 51.1 Å². The van der Waals surface area contributed by atoms with E-state index in [9.17, 15) is 9.59 Å². The predicted molar refractivity (Wildman–Crippen MR) is 118 cm³/mol. The van der Waals surface area contributed by atoms with Gasteiger partial charge in [-0.1, -0.05) is 37.7 Å². The van der Waals surface area contributed by atoms with Crippen molar-refractivity contribution in [2.75, 3.05) is 18.8 Å². The summed E-state index contributed by atoms with van der Waals surface area (Å²) in [6.07, 6.45) is 1.47. The molecule has 1 aliphatic heterocycles. The first-order chi connectivity index (χ1) is 13.9. The van der Waals surface area contributed by atoms with Crippen molar-refractivity contribution in [2.24, 2.45) is 11.8 Å². The van der Waals surface area contributed by atoms with Crippen molar-refractivity contribution in [3.05, 3.63) is 24.3 Å². The second-order valence-corrected chi connectivity index (χ2v) is 9.05. The van der Waals surface area contributed by atoms with E-state index in [4.69, 9.17) is 0 Å². The average Bonchev–Trinajstić information content (AvgIpc) is 3.09. The number of amides is 2. The Labute approximate surface area is 177 Å². The summed E-state index contributed by atoms with van der Waals surface area (Å²) in [6, 6.07) is 8.24. The molecule has 2 amide bonds. The number of imidazole rings is 1. The molecule has 1 unspecified atom stereocenters. The Morgan fingerprint density at radius 2 is 1.90 bits per heavy atom. The fraction of sp³-hybridized carbons (Fsp3) is 0.591. The van der Waals surface area contributed by atoms with Gasteiger partial charge in [0.2, 0.25) is 11.8 Å². The number of carbonyl (C=O) groups is 2. The number of piperidine rings is 1.